The molecule has 2 aromatic heterocycles. The minimum atomic E-state index is -3.87. The average molecular weight is 381 g/mol. The molecule has 3 heterocycles. The highest BCUT2D eigenvalue weighted by atomic mass is 32.2. The van der Waals surface area contributed by atoms with E-state index < -0.39 is 16.1 Å². The van der Waals surface area contributed by atoms with E-state index in [0.717, 1.165) is 6.26 Å². The van der Waals surface area contributed by atoms with Crippen molar-refractivity contribution in [3.63, 3.8) is 0 Å². The van der Waals surface area contributed by atoms with Gasteiger partial charge in [-0.2, -0.15) is 8.42 Å². The molecule has 1 aliphatic rings. The summed E-state index contributed by atoms with van der Waals surface area (Å²) in [5, 5.41) is 0.373. The van der Waals surface area contributed by atoms with Crippen LogP contribution >= 0.6 is 0 Å². The second kappa shape index (κ2) is 7.42. The molecule has 0 spiro atoms. The molecule has 0 bridgehead atoms. The number of carbonyl (C=O) groups excluding carboxylic acids is 1. The fourth-order valence-corrected chi connectivity index (χ4v) is 3.17. The van der Waals surface area contributed by atoms with E-state index in [1.807, 2.05) is 4.90 Å². The average Bonchev–Trinajstić information content (AvgIpc) is 2.61. The Labute approximate surface area is 151 Å². The van der Waals surface area contributed by atoms with Crippen molar-refractivity contribution in [1.82, 2.24) is 9.97 Å². The number of hydrogen-bond acceptors (Lipinski definition) is 9. The van der Waals surface area contributed by atoms with E-state index in [-0.39, 0.29) is 17.9 Å². The summed E-state index contributed by atoms with van der Waals surface area (Å²) in [6, 6.07) is 1.56. The molecule has 26 heavy (non-hydrogen) atoms. The number of ether oxygens (including phenoxy) is 2. The summed E-state index contributed by atoms with van der Waals surface area (Å²) in [6.45, 7) is 4.19. The Morgan fingerprint density at radius 3 is 2.69 bits per heavy atom. The lowest BCUT2D eigenvalue weighted by Gasteiger charge is -2.28. The van der Waals surface area contributed by atoms with Crippen LogP contribution in [0.3, 0.4) is 0 Å². The van der Waals surface area contributed by atoms with Crippen LogP contribution in [0.5, 0.6) is 5.75 Å². The monoisotopic (exact) mass is 381 g/mol. The molecule has 1 aliphatic heterocycles. The van der Waals surface area contributed by atoms with Gasteiger partial charge in [0.25, 0.3) is 0 Å². The summed E-state index contributed by atoms with van der Waals surface area (Å²) in [7, 11) is -3.87. The number of rotatable bonds is 5. The summed E-state index contributed by atoms with van der Waals surface area (Å²) in [5.41, 5.74) is 0.394. The Morgan fingerprint density at radius 2 is 2.04 bits per heavy atom. The number of nitrogens with zero attached hydrogens (tertiary/aromatic N) is 3. The van der Waals surface area contributed by atoms with E-state index in [2.05, 4.69) is 9.97 Å². The van der Waals surface area contributed by atoms with Crippen LogP contribution in [-0.2, 0) is 19.6 Å². The smallest absolute Gasteiger partial charge is 0.343 e. The lowest BCUT2D eigenvalue weighted by molar-refractivity contribution is 0.0524. The molecule has 0 saturated carbocycles. The third-order valence-electron chi connectivity index (χ3n) is 3.76. The fraction of sp³-hybridized carbons (Fsp3) is 0.438. The van der Waals surface area contributed by atoms with Gasteiger partial charge in [0.15, 0.2) is 11.6 Å². The van der Waals surface area contributed by atoms with Gasteiger partial charge in [-0.3, -0.25) is 4.98 Å². The highest BCUT2D eigenvalue weighted by molar-refractivity contribution is 7.86. The zero-order chi connectivity index (χ0) is 18.7. The number of fused-ring (bicyclic) bond motifs is 1. The minimum Gasteiger partial charge on any atom is -0.462 e. The van der Waals surface area contributed by atoms with Gasteiger partial charge in [-0.05, 0) is 13.0 Å². The van der Waals surface area contributed by atoms with Crippen molar-refractivity contribution >= 4 is 32.8 Å². The first-order valence-electron chi connectivity index (χ1n) is 8.07. The first-order chi connectivity index (χ1) is 12.4. The molecular formula is C16H19N3O6S. The summed E-state index contributed by atoms with van der Waals surface area (Å²) in [5.74, 6) is -0.224. The van der Waals surface area contributed by atoms with Crippen LogP contribution in [0.2, 0.25) is 0 Å². The molecule has 0 N–H and O–H groups in total. The summed E-state index contributed by atoms with van der Waals surface area (Å²) < 4.78 is 38.9. The van der Waals surface area contributed by atoms with E-state index in [0.29, 0.717) is 43.0 Å². The predicted octanol–water partition coefficient (Wildman–Crippen LogP) is 0.981. The van der Waals surface area contributed by atoms with Crippen LogP contribution in [0.1, 0.15) is 17.3 Å². The number of morpholine rings is 1. The maximum atomic E-state index is 12.2. The number of esters is 1. The lowest BCUT2D eigenvalue weighted by Crippen LogP contribution is -2.37. The number of carbonyl (C=O) groups is 1. The van der Waals surface area contributed by atoms with Crippen LogP contribution < -0.4 is 9.08 Å². The molecule has 140 valence electrons. The summed E-state index contributed by atoms with van der Waals surface area (Å²) >= 11 is 0. The Kier molecular flexibility index (Phi) is 5.23. The fourth-order valence-electron chi connectivity index (χ4n) is 2.69. The van der Waals surface area contributed by atoms with Crippen molar-refractivity contribution in [2.75, 3.05) is 44.1 Å². The highest BCUT2D eigenvalue weighted by Crippen LogP contribution is 2.34. The molecule has 0 amide bonds. The van der Waals surface area contributed by atoms with Gasteiger partial charge >= 0.3 is 16.1 Å². The van der Waals surface area contributed by atoms with Gasteiger partial charge in [-0.25, -0.2) is 9.78 Å². The van der Waals surface area contributed by atoms with E-state index in [1.165, 1.54) is 12.4 Å². The molecule has 0 aromatic carbocycles. The third kappa shape index (κ3) is 3.86. The van der Waals surface area contributed by atoms with Crippen molar-refractivity contribution in [3.05, 3.63) is 24.0 Å². The topological polar surface area (TPSA) is 108 Å². The molecule has 0 unspecified atom stereocenters. The van der Waals surface area contributed by atoms with Crippen molar-refractivity contribution in [3.8, 4) is 5.75 Å². The van der Waals surface area contributed by atoms with Gasteiger partial charge < -0.3 is 18.6 Å². The molecule has 0 atom stereocenters. The molecule has 3 rings (SSSR count). The largest absolute Gasteiger partial charge is 0.462 e. The first-order valence-corrected chi connectivity index (χ1v) is 9.89. The Balaban J connectivity index is 2.18. The van der Waals surface area contributed by atoms with E-state index in [4.69, 9.17) is 13.7 Å². The Bertz CT molecular complexity index is 925. The van der Waals surface area contributed by atoms with Crippen LogP contribution in [-0.4, -0.2) is 63.5 Å². The van der Waals surface area contributed by atoms with Crippen molar-refractivity contribution in [2.24, 2.45) is 0 Å². The van der Waals surface area contributed by atoms with Gasteiger partial charge in [0.2, 0.25) is 0 Å². The van der Waals surface area contributed by atoms with Crippen molar-refractivity contribution < 1.29 is 26.9 Å². The van der Waals surface area contributed by atoms with Crippen LogP contribution in [0.15, 0.2) is 18.5 Å². The SMILES string of the molecule is CCOC(=O)c1cnc2c(N3CCOCC3)nccc2c1OS(C)(=O)=O. The molecule has 2 aromatic rings. The van der Waals surface area contributed by atoms with E-state index in [1.54, 1.807) is 13.0 Å². The quantitative estimate of drug-likeness (QED) is 0.553. The molecule has 0 aliphatic carbocycles. The molecule has 1 saturated heterocycles. The minimum absolute atomic E-state index is 0.0519. The van der Waals surface area contributed by atoms with Gasteiger partial charge in [0, 0.05) is 25.5 Å². The second-order valence-electron chi connectivity index (χ2n) is 5.64. The standard InChI is InChI=1S/C16H19N3O6S/c1-3-24-16(20)12-10-18-13-11(14(12)25-26(2,21)22)4-5-17-15(13)19-6-8-23-9-7-19/h4-5,10H,3,6-9H2,1-2H3. The zero-order valence-electron chi connectivity index (χ0n) is 14.5. The number of anilines is 1. The predicted molar refractivity (Wildman–Crippen MR) is 94.0 cm³/mol. The van der Waals surface area contributed by atoms with Gasteiger partial charge in [0.05, 0.1) is 31.5 Å². The number of pyridine rings is 2. The van der Waals surface area contributed by atoms with E-state index in [9.17, 15) is 13.2 Å². The normalized spacial score (nSPS) is 15.1. The maximum absolute atomic E-state index is 12.2. The Hall–Kier alpha value is -2.46. The van der Waals surface area contributed by atoms with Crippen molar-refractivity contribution in [1.29, 1.82) is 0 Å². The van der Waals surface area contributed by atoms with Gasteiger partial charge in [-0.1, -0.05) is 0 Å². The molecule has 1 fully saturated rings. The highest BCUT2D eigenvalue weighted by Gasteiger charge is 2.24. The van der Waals surface area contributed by atoms with Gasteiger partial charge in [-0.15, -0.1) is 0 Å². The molecule has 10 heteroatoms. The molecule has 0 radical (unpaired) electrons. The number of hydrogen-bond donors (Lipinski definition) is 0. The maximum Gasteiger partial charge on any atom is 0.343 e. The number of aromatic nitrogens is 2. The van der Waals surface area contributed by atoms with Crippen molar-refractivity contribution in [2.45, 2.75) is 6.92 Å². The first kappa shape index (κ1) is 18.3. The third-order valence-corrected chi connectivity index (χ3v) is 4.23. The summed E-state index contributed by atoms with van der Waals surface area (Å²) in [6.07, 6.45) is 3.70. The van der Waals surface area contributed by atoms with E-state index >= 15 is 0 Å². The zero-order valence-corrected chi connectivity index (χ0v) is 15.3. The molecular weight excluding hydrogens is 362 g/mol. The lowest BCUT2D eigenvalue weighted by atomic mass is 10.1. The Morgan fingerprint density at radius 1 is 1.31 bits per heavy atom. The summed E-state index contributed by atoms with van der Waals surface area (Å²) in [4.78, 5) is 22.9. The van der Waals surface area contributed by atoms with Crippen LogP contribution in [0.4, 0.5) is 5.82 Å². The van der Waals surface area contributed by atoms with Crippen LogP contribution in [0, 0.1) is 0 Å². The molecule has 9 nitrogen and oxygen atoms in total. The van der Waals surface area contributed by atoms with Crippen LogP contribution in [0.25, 0.3) is 10.9 Å². The van der Waals surface area contributed by atoms with Gasteiger partial charge in [0.1, 0.15) is 11.1 Å². The second-order valence-corrected chi connectivity index (χ2v) is 7.21.